The number of nitrogens with two attached hydrogens (primary N) is 1. The summed E-state index contributed by atoms with van der Waals surface area (Å²) in [5.74, 6) is 1.48. The Hall–Kier alpha value is -1.75. The minimum atomic E-state index is 0.0226. The number of halogens is 1. The van der Waals surface area contributed by atoms with Gasteiger partial charge in [0.2, 0.25) is 0 Å². The first kappa shape index (κ1) is 11.7. The largest absolute Gasteiger partial charge is 0.486 e. The molecule has 0 radical (unpaired) electrons. The summed E-state index contributed by atoms with van der Waals surface area (Å²) in [5, 5.41) is 7.35. The maximum Gasteiger partial charge on any atom is 0.146 e. The monoisotopic (exact) mass is 294 g/mol. The quantitative estimate of drug-likeness (QED) is 0.673. The van der Waals surface area contributed by atoms with Gasteiger partial charge in [-0.05, 0) is 46.3 Å². The van der Waals surface area contributed by atoms with Gasteiger partial charge in [0.15, 0.2) is 0 Å². The molecule has 1 aromatic carbocycles. The zero-order valence-corrected chi connectivity index (χ0v) is 10.5. The summed E-state index contributed by atoms with van der Waals surface area (Å²) in [6.07, 6.45) is 1.60. The van der Waals surface area contributed by atoms with Gasteiger partial charge < -0.3 is 14.9 Å². The summed E-state index contributed by atoms with van der Waals surface area (Å²) in [4.78, 5) is 0. The number of nitrogen functional groups attached to an aromatic ring is 1. The van der Waals surface area contributed by atoms with E-state index in [1.54, 1.807) is 24.5 Å². The van der Waals surface area contributed by atoms with Crippen LogP contribution in [0.3, 0.4) is 0 Å². The van der Waals surface area contributed by atoms with Gasteiger partial charge in [0.25, 0.3) is 0 Å². The number of ether oxygens (including phenoxy) is 1. The molecule has 0 saturated carbocycles. The van der Waals surface area contributed by atoms with Crippen molar-refractivity contribution in [1.82, 2.24) is 0 Å². The maximum absolute atomic E-state index is 7.35. The molecule has 1 heterocycles. The zero-order chi connectivity index (χ0) is 12.3. The number of nitrogens with one attached hydrogen (secondary N) is 1. The SMILES string of the molecule is N=C(N)c1ccc(OCc2ccco2)cc1Br. The van der Waals surface area contributed by atoms with E-state index in [0.717, 1.165) is 10.2 Å². The lowest BCUT2D eigenvalue weighted by molar-refractivity contribution is 0.270. The summed E-state index contributed by atoms with van der Waals surface area (Å²) in [7, 11) is 0. The second-order valence-electron chi connectivity index (χ2n) is 3.42. The van der Waals surface area contributed by atoms with Gasteiger partial charge in [-0.3, -0.25) is 5.41 Å². The van der Waals surface area contributed by atoms with E-state index in [2.05, 4.69) is 15.9 Å². The molecule has 1 aromatic heterocycles. The van der Waals surface area contributed by atoms with E-state index in [0.29, 0.717) is 17.9 Å². The fourth-order valence-electron chi connectivity index (χ4n) is 1.35. The van der Waals surface area contributed by atoms with Crippen molar-refractivity contribution >= 4 is 21.8 Å². The molecule has 0 aliphatic rings. The first-order chi connectivity index (χ1) is 8.16. The summed E-state index contributed by atoms with van der Waals surface area (Å²) >= 11 is 3.34. The Bertz CT molecular complexity index is 523. The second kappa shape index (κ2) is 5.05. The first-order valence-corrected chi connectivity index (χ1v) is 5.75. The van der Waals surface area contributed by atoms with Gasteiger partial charge in [0, 0.05) is 10.0 Å². The van der Waals surface area contributed by atoms with Gasteiger partial charge >= 0.3 is 0 Å². The lowest BCUT2D eigenvalue weighted by Gasteiger charge is -2.07. The molecule has 0 unspecified atom stereocenters. The molecular weight excluding hydrogens is 284 g/mol. The van der Waals surface area contributed by atoms with Crippen LogP contribution in [0.15, 0.2) is 45.5 Å². The minimum absolute atomic E-state index is 0.0226. The fourth-order valence-corrected chi connectivity index (χ4v) is 1.92. The molecule has 0 amide bonds. The van der Waals surface area contributed by atoms with Crippen LogP contribution in [0.2, 0.25) is 0 Å². The van der Waals surface area contributed by atoms with Gasteiger partial charge in [-0.15, -0.1) is 0 Å². The summed E-state index contributed by atoms with van der Waals surface area (Å²) in [5.41, 5.74) is 6.06. The van der Waals surface area contributed by atoms with Crippen molar-refractivity contribution in [2.75, 3.05) is 0 Å². The van der Waals surface area contributed by atoms with E-state index < -0.39 is 0 Å². The average molecular weight is 295 g/mol. The van der Waals surface area contributed by atoms with Crippen molar-refractivity contribution in [3.05, 3.63) is 52.4 Å². The van der Waals surface area contributed by atoms with Crippen LogP contribution >= 0.6 is 15.9 Å². The number of benzene rings is 1. The third-order valence-electron chi connectivity index (χ3n) is 2.19. The minimum Gasteiger partial charge on any atom is -0.486 e. The van der Waals surface area contributed by atoms with Gasteiger partial charge in [-0.25, -0.2) is 0 Å². The molecule has 88 valence electrons. The van der Waals surface area contributed by atoms with Crippen LogP contribution < -0.4 is 10.5 Å². The van der Waals surface area contributed by atoms with Crippen molar-refractivity contribution < 1.29 is 9.15 Å². The van der Waals surface area contributed by atoms with Crippen molar-refractivity contribution in [2.45, 2.75) is 6.61 Å². The number of hydrogen-bond acceptors (Lipinski definition) is 3. The third-order valence-corrected chi connectivity index (χ3v) is 2.85. The Balaban J connectivity index is 2.07. The van der Waals surface area contributed by atoms with Crippen molar-refractivity contribution in [3.63, 3.8) is 0 Å². The van der Waals surface area contributed by atoms with E-state index in [1.165, 1.54) is 0 Å². The highest BCUT2D eigenvalue weighted by atomic mass is 79.9. The molecule has 3 N–H and O–H groups in total. The molecule has 0 fully saturated rings. The van der Waals surface area contributed by atoms with Crippen LogP contribution in [0.1, 0.15) is 11.3 Å². The summed E-state index contributed by atoms with van der Waals surface area (Å²) in [6, 6.07) is 8.94. The van der Waals surface area contributed by atoms with Crippen molar-refractivity contribution in [1.29, 1.82) is 5.41 Å². The number of hydrogen-bond donors (Lipinski definition) is 2. The van der Waals surface area contributed by atoms with Gasteiger partial charge in [-0.2, -0.15) is 0 Å². The molecular formula is C12H11BrN2O2. The Labute approximate surface area is 107 Å². The van der Waals surface area contributed by atoms with Crippen molar-refractivity contribution in [3.8, 4) is 5.75 Å². The van der Waals surface area contributed by atoms with Crippen LogP contribution in [0.25, 0.3) is 0 Å². The average Bonchev–Trinajstić information content (AvgIpc) is 2.78. The van der Waals surface area contributed by atoms with E-state index in [4.69, 9.17) is 20.3 Å². The van der Waals surface area contributed by atoms with Gasteiger partial charge in [0.1, 0.15) is 24.0 Å². The molecule has 0 atom stereocenters. The fraction of sp³-hybridized carbons (Fsp3) is 0.0833. The number of furan rings is 1. The maximum atomic E-state index is 7.35. The molecule has 2 rings (SSSR count). The molecule has 0 saturated heterocycles. The molecule has 0 bridgehead atoms. The van der Waals surface area contributed by atoms with Gasteiger partial charge in [0.05, 0.1) is 6.26 Å². The molecule has 4 nitrogen and oxygen atoms in total. The lowest BCUT2D eigenvalue weighted by atomic mass is 10.2. The molecule has 17 heavy (non-hydrogen) atoms. The standard InChI is InChI=1S/C12H11BrN2O2/c13-11-6-8(3-4-10(11)12(14)15)17-7-9-2-1-5-16-9/h1-6H,7H2,(H3,14,15). The predicted octanol–water partition coefficient (Wildman–Crippen LogP) is 2.91. The number of amidine groups is 1. The molecule has 2 aromatic rings. The molecule has 5 heteroatoms. The van der Waals surface area contributed by atoms with Crippen molar-refractivity contribution in [2.24, 2.45) is 5.73 Å². The molecule has 0 aliphatic heterocycles. The number of rotatable bonds is 4. The lowest BCUT2D eigenvalue weighted by Crippen LogP contribution is -2.11. The van der Waals surface area contributed by atoms with Gasteiger partial charge in [-0.1, -0.05) is 0 Å². The molecule has 0 aliphatic carbocycles. The Morgan fingerprint density at radius 1 is 1.41 bits per heavy atom. The zero-order valence-electron chi connectivity index (χ0n) is 8.94. The van der Waals surface area contributed by atoms with Crippen LogP contribution in [-0.4, -0.2) is 5.84 Å². The van der Waals surface area contributed by atoms with Crippen LogP contribution in [0.4, 0.5) is 0 Å². The van der Waals surface area contributed by atoms with E-state index in [1.807, 2.05) is 12.1 Å². The first-order valence-electron chi connectivity index (χ1n) is 4.96. The van der Waals surface area contributed by atoms with Crippen LogP contribution in [-0.2, 0) is 6.61 Å². The van der Waals surface area contributed by atoms with E-state index in [9.17, 15) is 0 Å². The predicted molar refractivity (Wildman–Crippen MR) is 68.2 cm³/mol. The third kappa shape index (κ3) is 2.88. The summed E-state index contributed by atoms with van der Waals surface area (Å²) < 4.78 is 11.4. The summed E-state index contributed by atoms with van der Waals surface area (Å²) in [6.45, 7) is 0.374. The van der Waals surface area contributed by atoms with E-state index >= 15 is 0 Å². The van der Waals surface area contributed by atoms with Crippen LogP contribution in [0, 0.1) is 5.41 Å². The topological polar surface area (TPSA) is 72.2 Å². The Morgan fingerprint density at radius 3 is 2.82 bits per heavy atom. The van der Waals surface area contributed by atoms with Crippen LogP contribution in [0.5, 0.6) is 5.75 Å². The Kier molecular flexibility index (Phi) is 3.49. The smallest absolute Gasteiger partial charge is 0.146 e. The molecule has 0 spiro atoms. The Morgan fingerprint density at radius 2 is 2.24 bits per heavy atom. The normalized spacial score (nSPS) is 10.2. The highest BCUT2D eigenvalue weighted by Gasteiger charge is 2.05. The van der Waals surface area contributed by atoms with E-state index in [-0.39, 0.29) is 5.84 Å². The highest BCUT2D eigenvalue weighted by Crippen LogP contribution is 2.23. The second-order valence-corrected chi connectivity index (χ2v) is 4.28. The highest BCUT2D eigenvalue weighted by molar-refractivity contribution is 9.10.